The molecule has 0 bridgehead atoms. The standard InChI is InChI=1S/C24H22N2O5S2/c1-17-11-13-18(14-12-17)33(29,30)25(2)15-24(28)31-16-23(27)26-19-7-3-5-9-21(19)32-22-10-6-4-8-20(22)26/h3-14H,15-16H2,1-2H3. The van der Waals surface area contributed by atoms with Gasteiger partial charge in [0.2, 0.25) is 10.0 Å². The molecule has 4 rings (SSSR count). The normalized spacial score (nSPS) is 12.8. The highest BCUT2D eigenvalue weighted by Gasteiger charge is 2.29. The lowest BCUT2D eigenvalue weighted by molar-refractivity contribution is -0.147. The van der Waals surface area contributed by atoms with Crippen molar-refractivity contribution in [3.05, 3.63) is 78.4 Å². The van der Waals surface area contributed by atoms with E-state index in [1.54, 1.807) is 23.9 Å². The first kappa shape index (κ1) is 23.0. The summed E-state index contributed by atoms with van der Waals surface area (Å²) in [5.41, 5.74) is 2.34. The second kappa shape index (κ2) is 9.38. The summed E-state index contributed by atoms with van der Waals surface area (Å²) in [6, 6.07) is 21.3. The number of para-hydroxylation sites is 2. The lowest BCUT2D eigenvalue weighted by atomic mass is 10.2. The quantitative estimate of drug-likeness (QED) is 0.494. The van der Waals surface area contributed by atoms with E-state index in [0.29, 0.717) is 11.4 Å². The molecule has 3 aromatic carbocycles. The Kier molecular flexibility index (Phi) is 6.55. The fourth-order valence-corrected chi connectivity index (χ4v) is 5.56. The maximum absolute atomic E-state index is 13.1. The van der Waals surface area contributed by atoms with Gasteiger partial charge in [-0.15, -0.1) is 0 Å². The van der Waals surface area contributed by atoms with Crippen molar-refractivity contribution in [3.63, 3.8) is 0 Å². The van der Waals surface area contributed by atoms with Gasteiger partial charge in [0.05, 0.1) is 16.3 Å². The molecule has 170 valence electrons. The van der Waals surface area contributed by atoms with Gasteiger partial charge < -0.3 is 4.74 Å². The molecule has 0 saturated carbocycles. The van der Waals surface area contributed by atoms with Gasteiger partial charge >= 0.3 is 5.97 Å². The number of nitrogens with zero attached hydrogens (tertiary/aromatic N) is 2. The predicted molar refractivity (Wildman–Crippen MR) is 126 cm³/mol. The number of sulfonamides is 1. The first-order chi connectivity index (χ1) is 15.8. The largest absolute Gasteiger partial charge is 0.455 e. The number of anilines is 2. The van der Waals surface area contributed by atoms with Crippen LogP contribution in [0.5, 0.6) is 0 Å². The van der Waals surface area contributed by atoms with Gasteiger partial charge in [0.15, 0.2) is 6.61 Å². The van der Waals surface area contributed by atoms with E-state index < -0.39 is 35.1 Å². The Morgan fingerprint density at radius 1 is 0.909 bits per heavy atom. The summed E-state index contributed by atoms with van der Waals surface area (Å²) in [6.07, 6.45) is 0. The molecule has 0 fully saturated rings. The number of rotatable bonds is 6. The molecular weight excluding hydrogens is 460 g/mol. The maximum Gasteiger partial charge on any atom is 0.321 e. The van der Waals surface area contributed by atoms with Crippen molar-refractivity contribution in [2.75, 3.05) is 25.1 Å². The van der Waals surface area contributed by atoms with E-state index in [-0.39, 0.29) is 4.90 Å². The zero-order valence-corrected chi connectivity index (χ0v) is 19.7. The number of fused-ring (bicyclic) bond motifs is 2. The number of hydrogen-bond acceptors (Lipinski definition) is 6. The average Bonchev–Trinajstić information content (AvgIpc) is 2.81. The predicted octanol–water partition coefficient (Wildman–Crippen LogP) is 3.99. The Bertz CT molecular complexity index is 1260. The molecular formula is C24H22N2O5S2. The second-order valence-electron chi connectivity index (χ2n) is 7.50. The monoisotopic (exact) mass is 482 g/mol. The topological polar surface area (TPSA) is 84.0 Å². The molecule has 1 amide bonds. The van der Waals surface area contributed by atoms with Crippen LogP contribution in [0.15, 0.2) is 87.5 Å². The molecule has 0 atom stereocenters. The summed E-state index contributed by atoms with van der Waals surface area (Å²) in [4.78, 5) is 28.9. The van der Waals surface area contributed by atoms with Crippen LogP contribution in [0, 0.1) is 6.92 Å². The van der Waals surface area contributed by atoms with Gasteiger partial charge in [-0.05, 0) is 43.3 Å². The molecule has 3 aromatic rings. The van der Waals surface area contributed by atoms with Gasteiger partial charge in [0.1, 0.15) is 6.54 Å². The first-order valence-corrected chi connectivity index (χ1v) is 12.4. The Hall–Kier alpha value is -3.14. The molecule has 1 aliphatic heterocycles. The minimum atomic E-state index is -3.86. The van der Waals surface area contributed by atoms with Crippen LogP contribution < -0.4 is 4.90 Å². The third-order valence-electron chi connectivity index (χ3n) is 5.12. The molecule has 0 N–H and O–H groups in total. The lowest BCUT2D eigenvalue weighted by Gasteiger charge is -2.30. The summed E-state index contributed by atoms with van der Waals surface area (Å²) in [5.74, 6) is -1.23. The van der Waals surface area contributed by atoms with Crippen LogP contribution in [-0.2, 0) is 24.3 Å². The number of hydrogen-bond donors (Lipinski definition) is 0. The van der Waals surface area contributed by atoms with Crippen LogP contribution in [-0.4, -0.2) is 44.8 Å². The fraction of sp³-hybridized carbons (Fsp3) is 0.167. The minimum absolute atomic E-state index is 0.0820. The summed E-state index contributed by atoms with van der Waals surface area (Å²) in [6.45, 7) is 0.837. The molecule has 33 heavy (non-hydrogen) atoms. The van der Waals surface area contributed by atoms with Crippen molar-refractivity contribution in [2.45, 2.75) is 21.6 Å². The van der Waals surface area contributed by atoms with Crippen molar-refractivity contribution < 1.29 is 22.7 Å². The van der Waals surface area contributed by atoms with Crippen LogP contribution in [0.25, 0.3) is 0 Å². The Balaban J connectivity index is 1.44. The van der Waals surface area contributed by atoms with Gasteiger partial charge in [-0.25, -0.2) is 8.42 Å². The minimum Gasteiger partial charge on any atom is -0.455 e. The number of benzene rings is 3. The van der Waals surface area contributed by atoms with E-state index in [1.165, 1.54) is 24.1 Å². The highest BCUT2D eigenvalue weighted by molar-refractivity contribution is 7.99. The van der Waals surface area contributed by atoms with Crippen LogP contribution in [0.4, 0.5) is 11.4 Å². The Morgan fingerprint density at radius 3 is 2.03 bits per heavy atom. The molecule has 0 spiro atoms. The zero-order chi connectivity index (χ0) is 23.6. The third kappa shape index (κ3) is 4.80. The summed E-state index contributed by atoms with van der Waals surface area (Å²) >= 11 is 1.56. The van der Waals surface area contributed by atoms with Gasteiger partial charge in [-0.1, -0.05) is 53.7 Å². The van der Waals surface area contributed by atoms with Gasteiger partial charge in [0.25, 0.3) is 5.91 Å². The number of likely N-dealkylation sites (N-methyl/N-ethyl adjacent to an activating group) is 1. The van der Waals surface area contributed by atoms with Crippen LogP contribution in [0.2, 0.25) is 0 Å². The van der Waals surface area contributed by atoms with Crippen molar-refractivity contribution in [1.82, 2.24) is 4.31 Å². The average molecular weight is 483 g/mol. The highest BCUT2D eigenvalue weighted by Crippen LogP contribution is 2.47. The van der Waals surface area contributed by atoms with E-state index in [1.807, 2.05) is 55.5 Å². The molecule has 9 heteroatoms. The van der Waals surface area contributed by atoms with Crippen LogP contribution in [0.3, 0.4) is 0 Å². The van der Waals surface area contributed by atoms with E-state index in [2.05, 4.69) is 0 Å². The Labute approximate surface area is 197 Å². The maximum atomic E-state index is 13.1. The van der Waals surface area contributed by atoms with Gasteiger partial charge in [-0.2, -0.15) is 4.31 Å². The zero-order valence-electron chi connectivity index (χ0n) is 18.1. The molecule has 7 nitrogen and oxygen atoms in total. The summed E-state index contributed by atoms with van der Waals surface area (Å²) < 4.78 is 31.4. The van der Waals surface area contributed by atoms with E-state index >= 15 is 0 Å². The highest BCUT2D eigenvalue weighted by atomic mass is 32.2. The molecule has 0 aliphatic carbocycles. The van der Waals surface area contributed by atoms with E-state index in [9.17, 15) is 18.0 Å². The van der Waals surface area contributed by atoms with Crippen molar-refractivity contribution in [2.24, 2.45) is 0 Å². The van der Waals surface area contributed by atoms with Gasteiger partial charge in [0, 0.05) is 16.8 Å². The third-order valence-corrected chi connectivity index (χ3v) is 8.07. The number of aryl methyl sites for hydroxylation is 1. The smallest absolute Gasteiger partial charge is 0.321 e. The first-order valence-electron chi connectivity index (χ1n) is 10.1. The number of carbonyl (C=O) groups excluding carboxylic acids is 2. The summed E-state index contributed by atoms with van der Waals surface area (Å²) in [7, 11) is -2.56. The molecule has 0 saturated heterocycles. The van der Waals surface area contributed by atoms with Crippen LogP contribution in [0.1, 0.15) is 5.56 Å². The van der Waals surface area contributed by atoms with Gasteiger partial charge in [-0.3, -0.25) is 14.5 Å². The van der Waals surface area contributed by atoms with E-state index in [0.717, 1.165) is 19.7 Å². The second-order valence-corrected chi connectivity index (χ2v) is 10.6. The lowest BCUT2D eigenvalue weighted by Crippen LogP contribution is -2.36. The van der Waals surface area contributed by atoms with Crippen molar-refractivity contribution in [3.8, 4) is 0 Å². The number of carbonyl (C=O) groups is 2. The molecule has 0 unspecified atom stereocenters. The fourth-order valence-electron chi connectivity index (χ4n) is 3.38. The number of amides is 1. The number of ether oxygens (including phenoxy) is 1. The van der Waals surface area contributed by atoms with Crippen LogP contribution >= 0.6 is 11.8 Å². The molecule has 0 aromatic heterocycles. The molecule has 1 heterocycles. The summed E-state index contributed by atoms with van der Waals surface area (Å²) in [5, 5.41) is 0. The SMILES string of the molecule is Cc1ccc(S(=O)(=O)N(C)CC(=O)OCC(=O)N2c3ccccc3Sc3ccccc32)cc1. The van der Waals surface area contributed by atoms with E-state index in [4.69, 9.17) is 4.74 Å². The number of esters is 1. The Morgan fingerprint density at radius 2 is 1.45 bits per heavy atom. The molecule has 0 radical (unpaired) electrons. The van der Waals surface area contributed by atoms with Crippen molar-refractivity contribution >= 4 is 45.0 Å². The molecule has 1 aliphatic rings. The van der Waals surface area contributed by atoms with Crippen molar-refractivity contribution in [1.29, 1.82) is 0 Å².